The minimum Gasteiger partial charge on any atom is -0.313 e. The van der Waals surface area contributed by atoms with E-state index in [4.69, 9.17) is 0 Å². The number of nitrogens with one attached hydrogen (secondary N) is 1. The molecule has 0 bridgehead atoms. The fraction of sp³-hybridized carbons (Fsp3) is 0.188. The first-order valence-corrected chi connectivity index (χ1v) is 8.24. The number of para-hydroxylation sites is 1. The number of nitrogens with zero attached hydrogens (tertiary/aromatic N) is 1. The van der Waals surface area contributed by atoms with Crippen LogP contribution >= 0.6 is 27.3 Å². The highest BCUT2D eigenvalue weighted by atomic mass is 79.9. The van der Waals surface area contributed by atoms with Crippen LogP contribution in [0.25, 0.3) is 10.2 Å². The molecule has 21 heavy (non-hydrogen) atoms. The van der Waals surface area contributed by atoms with Crippen LogP contribution in [-0.2, 0) is 6.42 Å². The van der Waals surface area contributed by atoms with Gasteiger partial charge in [-0.3, -0.25) is 0 Å². The maximum Gasteiger partial charge on any atom is 0.124 e. The smallest absolute Gasteiger partial charge is 0.124 e. The molecule has 0 aliphatic carbocycles. The zero-order valence-corrected chi connectivity index (χ0v) is 13.8. The molecule has 0 amide bonds. The molecule has 0 fully saturated rings. The van der Waals surface area contributed by atoms with Gasteiger partial charge in [-0.25, -0.2) is 9.37 Å². The summed E-state index contributed by atoms with van der Waals surface area (Å²) in [5.74, 6) is -0.232. The second-order valence-electron chi connectivity index (χ2n) is 4.82. The molecule has 0 saturated carbocycles. The summed E-state index contributed by atoms with van der Waals surface area (Å²) in [6, 6.07) is 13.1. The Kier molecular flexibility index (Phi) is 4.33. The van der Waals surface area contributed by atoms with E-state index < -0.39 is 0 Å². The molecule has 2 nitrogen and oxygen atoms in total. The van der Waals surface area contributed by atoms with Crippen molar-refractivity contribution in [3.8, 4) is 0 Å². The maximum absolute atomic E-state index is 13.6. The number of benzene rings is 2. The highest BCUT2D eigenvalue weighted by molar-refractivity contribution is 9.10. The summed E-state index contributed by atoms with van der Waals surface area (Å²) in [5, 5.41) is 4.30. The van der Waals surface area contributed by atoms with Gasteiger partial charge in [0.05, 0.1) is 15.2 Å². The number of rotatable bonds is 4. The Morgan fingerprint density at radius 2 is 2.10 bits per heavy atom. The molecule has 0 spiro atoms. The average Bonchev–Trinajstić information content (AvgIpc) is 2.86. The van der Waals surface area contributed by atoms with Crippen LogP contribution in [0.5, 0.6) is 0 Å². The van der Waals surface area contributed by atoms with Gasteiger partial charge in [0.25, 0.3) is 0 Å². The Hall–Kier alpha value is -1.30. The van der Waals surface area contributed by atoms with E-state index in [1.807, 2.05) is 31.3 Å². The van der Waals surface area contributed by atoms with Crippen LogP contribution < -0.4 is 5.32 Å². The van der Waals surface area contributed by atoms with Crippen LogP contribution in [0.1, 0.15) is 16.6 Å². The van der Waals surface area contributed by atoms with Gasteiger partial charge in [0.15, 0.2) is 0 Å². The predicted molar refractivity (Wildman–Crippen MR) is 89.2 cm³/mol. The van der Waals surface area contributed by atoms with Gasteiger partial charge in [-0.05, 0) is 42.9 Å². The maximum atomic E-state index is 13.6. The number of likely N-dealkylation sites (N-methyl/N-ethyl adjacent to an activating group) is 1. The van der Waals surface area contributed by atoms with Crippen molar-refractivity contribution in [3.05, 3.63) is 63.3 Å². The topological polar surface area (TPSA) is 24.9 Å². The number of thiazole rings is 1. The Morgan fingerprint density at radius 1 is 1.29 bits per heavy atom. The fourth-order valence-corrected chi connectivity index (χ4v) is 3.84. The second kappa shape index (κ2) is 6.22. The Bertz CT molecular complexity index is 719. The van der Waals surface area contributed by atoms with E-state index in [-0.39, 0.29) is 11.9 Å². The van der Waals surface area contributed by atoms with E-state index in [9.17, 15) is 4.39 Å². The summed E-state index contributed by atoms with van der Waals surface area (Å²) in [6.07, 6.45) is 0.742. The van der Waals surface area contributed by atoms with Gasteiger partial charge in [-0.1, -0.05) is 28.1 Å². The van der Waals surface area contributed by atoms with Crippen LogP contribution in [0.2, 0.25) is 0 Å². The molecule has 0 aliphatic rings. The number of hydrogen-bond acceptors (Lipinski definition) is 3. The lowest BCUT2D eigenvalue weighted by Crippen LogP contribution is -2.19. The van der Waals surface area contributed by atoms with Crippen LogP contribution in [0.4, 0.5) is 4.39 Å². The third-order valence-electron chi connectivity index (χ3n) is 3.35. The van der Waals surface area contributed by atoms with Crippen molar-refractivity contribution < 1.29 is 4.39 Å². The number of halogens is 2. The van der Waals surface area contributed by atoms with Crippen molar-refractivity contribution in [2.24, 2.45) is 0 Å². The third kappa shape index (κ3) is 3.31. The van der Waals surface area contributed by atoms with E-state index in [1.54, 1.807) is 17.4 Å². The number of fused-ring (bicyclic) bond motifs is 1. The summed E-state index contributed by atoms with van der Waals surface area (Å²) in [5.41, 5.74) is 1.94. The molecule has 3 rings (SSSR count). The Labute approximate surface area is 135 Å². The van der Waals surface area contributed by atoms with E-state index >= 15 is 0 Å². The largest absolute Gasteiger partial charge is 0.313 e. The molecule has 1 N–H and O–H groups in total. The zero-order chi connectivity index (χ0) is 14.8. The minimum absolute atomic E-state index is 0.0394. The van der Waals surface area contributed by atoms with Gasteiger partial charge >= 0.3 is 0 Å². The minimum atomic E-state index is -0.232. The summed E-state index contributed by atoms with van der Waals surface area (Å²) in [6.45, 7) is 0. The van der Waals surface area contributed by atoms with Gasteiger partial charge in [-0.15, -0.1) is 11.3 Å². The lowest BCUT2D eigenvalue weighted by molar-refractivity contribution is 0.576. The summed E-state index contributed by atoms with van der Waals surface area (Å²) < 4.78 is 15.5. The molecule has 0 radical (unpaired) electrons. The van der Waals surface area contributed by atoms with Crippen molar-refractivity contribution in [2.75, 3.05) is 7.05 Å². The highest BCUT2D eigenvalue weighted by Crippen LogP contribution is 2.27. The fourth-order valence-electron chi connectivity index (χ4n) is 2.34. The first kappa shape index (κ1) is 14.6. The molecule has 1 heterocycles. The lowest BCUT2D eigenvalue weighted by atomic mass is 10.0. The number of hydrogen-bond donors (Lipinski definition) is 1. The Morgan fingerprint density at radius 3 is 2.81 bits per heavy atom. The van der Waals surface area contributed by atoms with E-state index in [0.717, 1.165) is 27.0 Å². The standard InChI is InChI=1S/C16H14BrFN2S/c1-19-14(10-6-11(17)8-12(18)7-10)9-16-20-13-4-2-3-5-15(13)21-16/h2-8,14,19H,9H2,1H3. The predicted octanol–water partition coefficient (Wildman–Crippen LogP) is 4.70. The summed E-state index contributed by atoms with van der Waals surface area (Å²) >= 11 is 5.03. The SMILES string of the molecule is CNC(Cc1nc2ccccc2s1)c1cc(F)cc(Br)c1. The Balaban J connectivity index is 1.89. The van der Waals surface area contributed by atoms with Crippen LogP contribution in [-0.4, -0.2) is 12.0 Å². The van der Waals surface area contributed by atoms with E-state index in [2.05, 4.69) is 32.3 Å². The van der Waals surface area contributed by atoms with Gasteiger partial charge < -0.3 is 5.32 Å². The molecular formula is C16H14BrFN2S. The molecule has 0 saturated heterocycles. The van der Waals surface area contributed by atoms with Gasteiger partial charge in [0.2, 0.25) is 0 Å². The van der Waals surface area contributed by atoms with Crippen molar-refractivity contribution in [3.63, 3.8) is 0 Å². The van der Waals surface area contributed by atoms with E-state index in [0.29, 0.717) is 0 Å². The molecule has 5 heteroatoms. The quantitative estimate of drug-likeness (QED) is 0.725. The molecule has 3 aromatic rings. The molecular weight excluding hydrogens is 351 g/mol. The van der Waals surface area contributed by atoms with Gasteiger partial charge in [0.1, 0.15) is 5.82 Å². The monoisotopic (exact) mass is 364 g/mol. The second-order valence-corrected chi connectivity index (χ2v) is 6.85. The van der Waals surface area contributed by atoms with Crippen molar-refractivity contribution in [1.82, 2.24) is 10.3 Å². The van der Waals surface area contributed by atoms with Gasteiger partial charge in [0, 0.05) is 16.9 Å². The summed E-state index contributed by atoms with van der Waals surface area (Å²) in [4.78, 5) is 4.64. The number of aromatic nitrogens is 1. The van der Waals surface area contributed by atoms with Crippen LogP contribution in [0.15, 0.2) is 46.9 Å². The first-order valence-electron chi connectivity index (χ1n) is 6.63. The van der Waals surface area contributed by atoms with E-state index in [1.165, 1.54) is 10.8 Å². The van der Waals surface area contributed by atoms with Crippen molar-refractivity contribution in [2.45, 2.75) is 12.5 Å². The normalized spacial score (nSPS) is 12.7. The first-order chi connectivity index (χ1) is 10.2. The van der Waals surface area contributed by atoms with Crippen molar-refractivity contribution >= 4 is 37.5 Å². The molecule has 108 valence electrons. The third-order valence-corrected chi connectivity index (χ3v) is 4.87. The van der Waals surface area contributed by atoms with Crippen molar-refractivity contribution in [1.29, 1.82) is 0 Å². The highest BCUT2D eigenvalue weighted by Gasteiger charge is 2.14. The lowest BCUT2D eigenvalue weighted by Gasteiger charge is -2.15. The van der Waals surface area contributed by atoms with Crippen LogP contribution in [0, 0.1) is 5.82 Å². The molecule has 1 unspecified atom stereocenters. The molecule has 2 aromatic carbocycles. The molecule has 1 atom stereocenters. The molecule has 1 aromatic heterocycles. The molecule has 0 aliphatic heterocycles. The van der Waals surface area contributed by atoms with Gasteiger partial charge in [-0.2, -0.15) is 0 Å². The average molecular weight is 365 g/mol. The zero-order valence-electron chi connectivity index (χ0n) is 11.4. The van der Waals surface area contributed by atoms with Crippen LogP contribution in [0.3, 0.4) is 0 Å². The summed E-state index contributed by atoms with van der Waals surface area (Å²) in [7, 11) is 1.89.